The number of halogens is 3. The van der Waals surface area contributed by atoms with Gasteiger partial charge < -0.3 is 14.8 Å². The molecule has 5 nitrogen and oxygen atoms in total. The first-order valence-corrected chi connectivity index (χ1v) is 8.03. The van der Waals surface area contributed by atoms with Crippen LogP contribution < -0.4 is 10.9 Å². The highest BCUT2D eigenvalue weighted by Gasteiger charge is 2.30. The molecule has 2 amide bonds. The van der Waals surface area contributed by atoms with E-state index in [1.807, 2.05) is 13.8 Å². The molecule has 1 aliphatic heterocycles. The van der Waals surface area contributed by atoms with E-state index in [-0.39, 0.29) is 17.6 Å². The van der Waals surface area contributed by atoms with E-state index in [1.54, 1.807) is 4.90 Å². The highest BCUT2D eigenvalue weighted by molar-refractivity contribution is 5.89. The third-order valence-electron chi connectivity index (χ3n) is 4.19. The maximum absolute atomic E-state index is 12.5. The van der Waals surface area contributed by atoms with Gasteiger partial charge in [0, 0.05) is 18.8 Å². The van der Waals surface area contributed by atoms with Gasteiger partial charge in [-0.25, -0.2) is 4.79 Å². The van der Waals surface area contributed by atoms with E-state index in [0.717, 1.165) is 25.5 Å². The Labute approximate surface area is 138 Å². The minimum Gasteiger partial charge on any atom is -0.321 e. The van der Waals surface area contributed by atoms with Gasteiger partial charge in [0.05, 0.1) is 0 Å². The Hall–Kier alpha value is -1.99. The number of carbonyl (C=O) groups is 1. The molecule has 0 saturated carbocycles. The van der Waals surface area contributed by atoms with Gasteiger partial charge in [0.25, 0.3) is 5.56 Å². The van der Waals surface area contributed by atoms with Crippen LogP contribution in [0.1, 0.15) is 33.1 Å². The Bertz CT molecular complexity index is 640. The van der Waals surface area contributed by atoms with Crippen LogP contribution >= 0.6 is 0 Å². The lowest BCUT2D eigenvalue weighted by atomic mass is 9.93. The van der Waals surface area contributed by atoms with Crippen LogP contribution in [-0.4, -0.2) is 34.3 Å². The van der Waals surface area contributed by atoms with Gasteiger partial charge in [0.1, 0.15) is 12.2 Å². The van der Waals surface area contributed by atoms with E-state index < -0.39 is 24.3 Å². The van der Waals surface area contributed by atoms with Gasteiger partial charge in [-0.15, -0.1) is 0 Å². The molecule has 0 spiro atoms. The smallest absolute Gasteiger partial charge is 0.321 e. The fourth-order valence-electron chi connectivity index (χ4n) is 3.04. The number of nitrogens with one attached hydrogen (secondary N) is 1. The molecule has 1 unspecified atom stereocenters. The summed E-state index contributed by atoms with van der Waals surface area (Å²) in [7, 11) is 0. The molecule has 8 heteroatoms. The van der Waals surface area contributed by atoms with Gasteiger partial charge >= 0.3 is 12.2 Å². The molecule has 1 N–H and O–H groups in total. The van der Waals surface area contributed by atoms with Crippen LogP contribution in [0.5, 0.6) is 0 Å². The number of hydrogen-bond acceptors (Lipinski definition) is 2. The van der Waals surface area contributed by atoms with Crippen molar-refractivity contribution in [3.05, 3.63) is 28.7 Å². The summed E-state index contributed by atoms with van der Waals surface area (Å²) >= 11 is 0. The lowest BCUT2D eigenvalue weighted by Crippen LogP contribution is -2.48. The lowest BCUT2D eigenvalue weighted by molar-refractivity contribution is -0.141. The van der Waals surface area contributed by atoms with Gasteiger partial charge in [-0.1, -0.05) is 13.8 Å². The topological polar surface area (TPSA) is 54.3 Å². The number of anilines is 1. The first-order chi connectivity index (χ1) is 11.2. The summed E-state index contributed by atoms with van der Waals surface area (Å²) in [5, 5.41) is 2.48. The third-order valence-corrected chi connectivity index (χ3v) is 4.19. The molecule has 1 aromatic heterocycles. The number of hydrogen-bond donors (Lipinski definition) is 1. The molecule has 1 atom stereocenters. The molecule has 1 aromatic rings. The van der Waals surface area contributed by atoms with Crippen molar-refractivity contribution >= 4 is 11.7 Å². The molecular formula is C16H22F3N3O2. The number of alkyl halides is 3. The predicted octanol–water partition coefficient (Wildman–Crippen LogP) is 3.45. The quantitative estimate of drug-likeness (QED) is 0.912. The molecule has 24 heavy (non-hydrogen) atoms. The zero-order valence-electron chi connectivity index (χ0n) is 13.8. The number of aromatic nitrogens is 1. The van der Waals surface area contributed by atoms with Crippen molar-refractivity contribution in [3.8, 4) is 0 Å². The zero-order valence-corrected chi connectivity index (χ0v) is 13.8. The van der Waals surface area contributed by atoms with E-state index in [1.165, 1.54) is 12.1 Å². The van der Waals surface area contributed by atoms with Crippen LogP contribution in [0.3, 0.4) is 0 Å². The number of likely N-dealkylation sites (tertiary alicyclic amines) is 1. The van der Waals surface area contributed by atoms with Crippen LogP contribution in [0.4, 0.5) is 23.7 Å². The first-order valence-electron chi connectivity index (χ1n) is 8.03. The molecule has 0 radical (unpaired) electrons. The van der Waals surface area contributed by atoms with E-state index in [2.05, 4.69) is 5.32 Å². The number of nitrogens with zero attached hydrogens (tertiary/aromatic N) is 2. The first kappa shape index (κ1) is 18.4. The molecule has 2 heterocycles. The lowest BCUT2D eigenvalue weighted by Gasteiger charge is -2.38. The SMILES string of the molecule is CC(C)C1CCCCN1C(=O)Nc1cccn(CC(F)(F)F)c1=O. The second kappa shape index (κ2) is 7.27. The Morgan fingerprint density at radius 1 is 1.38 bits per heavy atom. The predicted molar refractivity (Wildman–Crippen MR) is 85.0 cm³/mol. The Kier molecular flexibility index (Phi) is 5.56. The van der Waals surface area contributed by atoms with E-state index in [0.29, 0.717) is 11.1 Å². The van der Waals surface area contributed by atoms with Gasteiger partial charge in [0.15, 0.2) is 0 Å². The number of amides is 2. The van der Waals surface area contributed by atoms with Gasteiger partial charge in [-0.3, -0.25) is 4.79 Å². The summed E-state index contributed by atoms with van der Waals surface area (Å²) in [6, 6.07) is 2.27. The molecule has 1 aliphatic rings. The fourth-order valence-corrected chi connectivity index (χ4v) is 3.04. The fraction of sp³-hybridized carbons (Fsp3) is 0.625. The van der Waals surface area contributed by atoms with Crippen molar-refractivity contribution < 1.29 is 18.0 Å². The largest absolute Gasteiger partial charge is 0.406 e. The van der Waals surface area contributed by atoms with E-state index >= 15 is 0 Å². The maximum atomic E-state index is 12.5. The number of urea groups is 1. The van der Waals surface area contributed by atoms with Crippen LogP contribution in [0.25, 0.3) is 0 Å². The average Bonchev–Trinajstić information content (AvgIpc) is 2.50. The Balaban J connectivity index is 2.17. The molecular weight excluding hydrogens is 323 g/mol. The van der Waals surface area contributed by atoms with Crippen LogP contribution in [0, 0.1) is 5.92 Å². The van der Waals surface area contributed by atoms with Crippen LogP contribution in [0.2, 0.25) is 0 Å². The zero-order chi connectivity index (χ0) is 17.9. The number of carbonyl (C=O) groups excluding carboxylic acids is 1. The summed E-state index contributed by atoms with van der Waals surface area (Å²) in [6.45, 7) is 3.25. The number of pyridine rings is 1. The summed E-state index contributed by atoms with van der Waals surface area (Å²) < 4.78 is 38.0. The maximum Gasteiger partial charge on any atom is 0.406 e. The van der Waals surface area contributed by atoms with Crippen molar-refractivity contribution in [2.75, 3.05) is 11.9 Å². The van der Waals surface area contributed by atoms with Crippen molar-refractivity contribution in [3.63, 3.8) is 0 Å². The van der Waals surface area contributed by atoms with Crippen LogP contribution in [-0.2, 0) is 6.54 Å². The van der Waals surface area contributed by atoms with E-state index in [9.17, 15) is 22.8 Å². The second-order valence-corrected chi connectivity index (χ2v) is 6.40. The molecule has 0 bridgehead atoms. The van der Waals surface area contributed by atoms with Crippen molar-refractivity contribution in [2.24, 2.45) is 5.92 Å². The number of rotatable bonds is 3. The van der Waals surface area contributed by atoms with Crippen molar-refractivity contribution in [1.29, 1.82) is 0 Å². The normalized spacial score (nSPS) is 18.8. The molecule has 1 saturated heterocycles. The highest BCUT2D eigenvalue weighted by atomic mass is 19.4. The minimum absolute atomic E-state index is 0.0693. The molecule has 0 aliphatic carbocycles. The Morgan fingerprint density at radius 2 is 2.08 bits per heavy atom. The Morgan fingerprint density at radius 3 is 2.71 bits per heavy atom. The monoisotopic (exact) mass is 345 g/mol. The average molecular weight is 345 g/mol. The van der Waals surface area contributed by atoms with Crippen molar-refractivity contribution in [2.45, 2.75) is 51.9 Å². The number of piperidine rings is 1. The summed E-state index contributed by atoms with van der Waals surface area (Å²) in [6.07, 6.45) is -0.635. The van der Waals surface area contributed by atoms with E-state index in [4.69, 9.17) is 0 Å². The minimum atomic E-state index is -4.50. The van der Waals surface area contributed by atoms with Gasteiger partial charge in [-0.2, -0.15) is 13.2 Å². The second-order valence-electron chi connectivity index (χ2n) is 6.40. The van der Waals surface area contributed by atoms with Gasteiger partial charge in [-0.05, 0) is 37.3 Å². The van der Waals surface area contributed by atoms with Gasteiger partial charge in [0.2, 0.25) is 0 Å². The third kappa shape index (κ3) is 4.52. The summed E-state index contributed by atoms with van der Waals surface area (Å²) in [4.78, 5) is 26.3. The molecule has 2 rings (SSSR count). The van der Waals surface area contributed by atoms with Crippen LogP contribution in [0.15, 0.2) is 23.1 Å². The summed E-state index contributed by atoms with van der Waals surface area (Å²) in [5.74, 6) is 0.272. The molecule has 0 aromatic carbocycles. The van der Waals surface area contributed by atoms with Crippen molar-refractivity contribution in [1.82, 2.24) is 9.47 Å². The standard InChI is InChI=1S/C16H22F3N3O2/c1-11(2)13-7-3-4-9-22(13)15(24)20-12-6-5-8-21(14(12)23)10-16(17,18)19/h5-6,8,11,13H,3-4,7,9-10H2,1-2H3,(H,20,24). The molecule has 134 valence electrons. The summed E-state index contributed by atoms with van der Waals surface area (Å²) in [5.41, 5.74) is -0.999. The highest BCUT2D eigenvalue weighted by Crippen LogP contribution is 2.23. The molecule has 1 fully saturated rings.